The highest BCUT2D eigenvalue weighted by atomic mass is 16.5. The zero-order valence-corrected chi connectivity index (χ0v) is 10.1. The number of phenolic OH excluding ortho intramolecular Hbond substituents is 1. The third kappa shape index (κ3) is 4.53. The number of ether oxygens (including phenoxy) is 1. The minimum absolute atomic E-state index is 0.318. The van der Waals surface area contributed by atoms with Crippen molar-refractivity contribution in [2.75, 3.05) is 31.7 Å². The van der Waals surface area contributed by atoms with Crippen molar-refractivity contribution in [1.29, 1.82) is 0 Å². The molecule has 1 aromatic carbocycles. The fraction of sp³-hybridized carbons (Fsp3) is 0.538. The number of benzene rings is 1. The molecule has 3 heteroatoms. The predicted octanol–water partition coefficient (Wildman–Crippen LogP) is 2.65. The maximum Gasteiger partial charge on any atom is 0.115 e. The van der Waals surface area contributed by atoms with E-state index in [-0.39, 0.29) is 0 Å². The number of hydrogen-bond donors (Lipinski definition) is 1. The van der Waals surface area contributed by atoms with Crippen LogP contribution < -0.4 is 4.90 Å². The van der Waals surface area contributed by atoms with Crippen LogP contribution in [0.15, 0.2) is 24.3 Å². The summed E-state index contributed by atoms with van der Waals surface area (Å²) in [5, 5.41) is 8.99. The van der Waals surface area contributed by atoms with Gasteiger partial charge in [0.25, 0.3) is 0 Å². The van der Waals surface area contributed by atoms with E-state index in [2.05, 4.69) is 11.8 Å². The summed E-state index contributed by atoms with van der Waals surface area (Å²) in [7, 11) is 2.02. The van der Waals surface area contributed by atoms with E-state index in [0.717, 1.165) is 25.4 Å². The molecule has 0 amide bonds. The first-order chi connectivity index (χ1) is 7.74. The van der Waals surface area contributed by atoms with Gasteiger partial charge in [-0.05, 0) is 44.0 Å². The zero-order chi connectivity index (χ0) is 11.8. The van der Waals surface area contributed by atoms with Crippen LogP contribution in [0.1, 0.15) is 19.8 Å². The smallest absolute Gasteiger partial charge is 0.115 e. The lowest BCUT2D eigenvalue weighted by molar-refractivity contribution is 0.198. The molecular weight excluding hydrogens is 202 g/mol. The number of anilines is 1. The Balaban J connectivity index is 0.000000212. The summed E-state index contributed by atoms with van der Waals surface area (Å²) in [5.74, 6) is 0.318. The Bertz CT molecular complexity index is 273. The Morgan fingerprint density at radius 1 is 1.19 bits per heavy atom. The van der Waals surface area contributed by atoms with Crippen LogP contribution in [0.2, 0.25) is 0 Å². The van der Waals surface area contributed by atoms with Crippen molar-refractivity contribution in [3.8, 4) is 5.75 Å². The normalized spacial score (nSPS) is 14.1. The molecule has 0 saturated carbocycles. The molecule has 1 fully saturated rings. The molecule has 1 N–H and O–H groups in total. The van der Waals surface area contributed by atoms with Gasteiger partial charge >= 0.3 is 0 Å². The maximum atomic E-state index is 8.99. The van der Waals surface area contributed by atoms with Crippen molar-refractivity contribution in [1.82, 2.24) is 0 Å². The maximum absolute atomic E-state index is 8.99. The molecule has 0 spiro atoms. The van der Waals surface area contributed by atoms with E-state index in [1.165, 1.54) is 12.8 Å². The van der Waals surface area contributed by atoms with Gasteiger partial charge in [-0.3, -0.25) is 0 Å². The second-order valence-electron chi connectivity index (χ2n) is 3.85. The Kier molecular flexibility index (Phi) is 5.72. The van der Waals surface area contributed by atoms with E-state index in [1.54, 1.807) is 12.1 Å². The molecular formula is C13H21NO2. The fourth-order valence-corrected chi connectivity index (χ4v) is 1.40. The largest absolute Gasteiger partial charge is 0.508 e. The van der Waals surface area contributed by atoms with Crippen LogP contribution in [-0.2, 0) is 4.74 Å². The van der Waals surface area contributed by atoms with Crippen molar-refractivity contribution in [2.24, 2.45) is 0 Å². The molecule has 1 aliphatic heterocycles. The first-order valence-corrected chi connectivity index (χ1v) is 5.82. The van der Waals surface area contributed by atoms with Crippen molar-refractivity contribution in [3.63, 3.8) is 0 Å². The first-order valence-electron chi connectivity index (χ1n) is 5.82. The summed E-state index contributed by atoms with van der Waals surface area (Å²) >= 11 is 0. The molecule has 0 bridgehead atoms. The van der Waals surface area contributed by atoms with Crippen LogP contribution in [0, 0.1) is 0 Å². The van der Waals surface area contributed by atoms with Crippen molar-refractivity contribution in [2.45, 2.75) is 19.8 Å². The molecule has 1 heterocycles. The summed E-state index contributed by atoms with van der Waals surface area (Å²) < 4.78 is 4.94. The molecule has 1 aromatic rings. The van der Waals surface area contributed by atoms with Crippen LogP contribution in [0.3, 0.4) is 0 Å². The second-order valence-corrected chi connectivity index (χ2v) is 3.85. The summed E-state index contributed by atoms with van der Waals surface area (Å²) in [6.07, 6.45) is 2.56. The van der Waals surface area contributed by atoms with Gasteiger partial charge in [-0.15, -0.1) is 0 Å². The van der Waals surface area contributed by atoms with E-state index < -0.39 is 0 Å². The molecule has 0 radical (unpaired) electrons. The lowest BCUT2D eigenvalue weighted by Gasteiger charge is -2.16. The van der Waals surface area contributed by atoms with Gasteiger partial charge in [0.15, 0.2) is 0 Å². The van der Waals surface area contributed by atoms with Gasteiger partial charge < -0.3 is 14.7 Å². The summed E-state index contributed by atoms with van der Waals surface area (Å²) in [5.41, 5.74) is 1.13. The van der Waals surface area contributed by atoms with Gasteiger partial charge in [0.2, 0.25) is 0 Å². The second kappa shape index (κ2) is 7.12. The topological polar surface area (TPSA) is 32.7 Å². The average Bonchev–Trinajstić information content (AvgIpc) is 2.88. The molecule has 16 heavy (non-hydrogen) atoms. The van der Waals surface area contributed by atoms with Gasteiger partial charge in [-0.1, -0.05) is 0 Å². The van der Waals surface area contributed by atoms with Gasteiger partial charge in [-0.2, -0.15) is 0 Å². The van der Waals surface area contributed by atoms with Crippen LogP contribution in [0.4, 0.5) is 5.69 Å². The van der Waals surface area contributed by atoms with Gasteiger partial charge in [-0.25, -0.2) is 0 Å². The highest BCUT2D eigenvalue weighted by Crippen LogP contribution is 2.16. The Hall–Kier alpha value is -1.22. The third-order valence-electron chi connectivity index (χ3n) is 2.59. The van der Waals surface area contributed by atoms with Crippen LogP contribution in [0.5, 0.6) is 5.75 Å². The van der Waals surface area contributed by atoms with Crippen LogP contribution in [-0.4, -0.2) is 31.9 Å². The van der Waals surface area contributed by atoms with Crippen molar-refractivity contribution in [3.05, 3.63) is 24.3 Å². The van der Waals surface area contributed by atoms with Crippen LogP contribution >= 0.6 is 0 Å². The Morgan fingerprint density at radius 2 is 1.75 bits per heavy atom. The molecule has 3 nitrogen and oxygen atoms in total. The molecule has 1 aliphatic rings. The molecule has 0 aromatic heterocycles. The lowest BCUT2D eigenvalue weighted by atomic mass is 10.3. The zero-order valence-electron chi connectivity index (χ0n) is 10.1. The molecule has 0 unspecified atom stereocenters. The van der Waals surface area contributed by atoms with E-state index in [4.69, 9.17) is 9.84 Å². The lowest BCUT2D eigenvalue weighted by Crippen LogP contribution is -2.15. The van der Waals surface area contributed by atoms with Crippen molar-refractivity contribution >= 4 is 5.69 Å². The van der Waals surface area contributed by atoms with E-state index in [1.807, 2.05) is 19.2 Å². The van der Waals surface area contributed by atoms with Gasteiger partial charge in [0.05, 0.1) is 0 Å². The molecule has 1 saturated heterocycles. The van der Waals surface area contributed by atoms with Gasteiger partial charge in [0, 0.05) is 32.5 Å². The minimum atomic E-state index is 0.318. The van der Waals surface area contributed by atoms with E-state index >= 15 is 0 Å². The predicted molar refractivity (Wildman–Crippen MR) is 67.1 cm³/mol. The molecule has 0 atom stereocenters. The van der Waals surface area contributed by atoms with Crippen LogP contribution in [0.25, 0.3) is 0 Å². The minimum Gasteiger partial charge on any atom is -0.508 e. The number of aromatic hydroxyl groups is 1. The molecule has 90 valence electrons. The monoisotopic (exact) mass is 223 g/mol. The molecule has 0 aliphatic carbocycles. The highest BCUT2D eigenvalue weighted by Gasteiger charge is 1.96. The Labute approximate surface area is 97.7 Å². The van der Waals surface area contributed by atoms with E-state index in [0.29, 0.717) is 5.75 Å². The number of hydrogen-bond acceptors (Lipinski definition) is 3. The quantitative estimate of drug-likeness (QED) is 0.836. The SMILES string of the molecule is C1CCOC1.CCN(C)c1ccc(O)cc1. The fourth-order valence-electron chi connectivity index (χ4n) is 1.40. The average molecular weight is 223 g/mol. The standard InChI is InChI=1S/C9H13NO.C4H8O/c1-3-10(2)8-4-6-9(11)7-5-8;1-2-4-5-3-1/h4-7,11H,3H2,1-2H3;1-4H2. The summed E-state index contributed by atoms with van der Waals surface area (Å²) in [6.45, 7) is 5.07. The first kappa shape index (κ1) is 12.8. The number of rotatable bonds is 2. The number of phenols is 1. The highest BCUT2D eigenvalue weighted by molar-refractivity contribution is 5.47. The van der Waals surface area contributed by atoms with E-state index in [9.17, 15) is 0 Å². The Morgan fingerprint density at radius 3 is 2.12 bits per heavy atom. The third-order valence-corrected chi connectivity index (χ3v) is 2.59. The molecule has 2 rings (SSSR count). The van der Waals surface area contributed by atoms with Gasteiger partial charge in [0.1, 0.15) is 5.75 Å². The summed E-state index contributed by atoms with van der Waals surface area (Å²) in [6, 6.07) is 7.20. The summed E-state index contributed by atoms with van der Waals surface area (Å²) in [4.78, 5) is 2.11. The number of nitrogens with zero attached hydrogens (tertiary/aromatic N) is 1. The van der Waals surface area contributed by atoms with Crippen molar-refractivity contribution < 1.29 is 9.84 Å².